The first-order valence-electron chi connectivity index (χ1n) is 6.25. The maximum Gasteiger partial charge on any atom is 0.173 e. The molecule has 96 valence electrons. The molecule has 1 aliphatic heterocycles. The molecular weight excluding hydrogens is 214 g/mol. The molecule has 0 aliphatic carbocycles. The van der Waals surface area contributed by atoms with Crippen molar-refractivity contribution in [1.29, 1.82) is 0 Å². The van der Waals surface area contributed by atoms with Gasteiger partial charge in [-0.05, 0) is 32.9 Å². The number of aromatic nitrogens is 2. The Hall–Kier alpha value is -1.23. The van der Waals surface area contributed by atoms with Gasteiger partial charge >= 0.3 is 0 Å². The average molecular weight is 237 g/mol. The van der Waals surface area contributed by atoms with Gasteiger partial charge in [0.1, 0.15) is 0 Å². The van der Waals surface area contributed by atoms with Crippen molar-refractivity contribution >= 4 is 11.5 Å². The van der Waals surface area contributed by atoms with Crippen molar-refractivity contribution < 1.29 is 0 Å². The summed E-state index contributed by atoms with van der Waals surface area (Å²) in [5, 5.41) is 4.43. The zero-order chi connectivity index (χ0) is 12.4. The first kappa shape index (κ1) is 12.2. The van der Waals surface area contributed by atoms with E-state index in [4.69, 9.17) is 5.73 Å². The molecule has 0 saturated carbocycles. The summed E-state index contributed by atoms with van der Waals surface area (Å²) in [6, 6.07) is 0. The van der Waals surface area contributed by atoms with Crippen molar-refractivity contribution in [3.05, 3.63) is 6.20 Å². The number of piperidine rings is 1. The number of hydrogen-bond acceptors (Lipinski definition) is 4. The van der Waals surface area contributed by atoms with Crippen LogP contribution in [-0.4, -0.2) is 48.4 Å². The number of nitrogens with zero attached hydrogens (tertiary/aromatic N) is 4. The second-order valence-electron chi connectivity index (χ2n) is 5.27. The molecule has 1 aliphatic rings. The van der Waals surface area contributed by atoms with Crippen molar-refractivity contribution in [2.75, 3.05) is 44.4 Å². The lowest BCUT2D eigenvalue weighted by Crippen LogP contribution is -2.37. The van der Waals surface area contributed by atoms with Crippen molar-refractivity contribution in [3.8, 4) is 0 Å². The normalized spacial score (nSPS) is 18.0. The summed E-state index contributed by atoms with van der Waals surface area (Å²) in [5.41, 5.74) is 6.74. The fourth-order valence-corrected chi connectivity index (χ4v) is 2.58. The maximum absolute atomic E-state index is 5.95. The minimum absolute atomic E-state index is 0.790. The van der Waals surface area contributed by atoms with E-state index >= 15 is 0 Å². The van der Waals surface area contributed by atoms with E-state index in [9.17, 15) is 0 Å². The zero-order valence-corrected chi connectivity index (χ0v) is 11.1. The minimum Gasteiger partial charge on any atom is -0.394 e. The lowest BCUT2D eigenvalue weighted by Gasteiger charge is -2.33. The minimum atomic E-state index is 0.790. The first-order valence-corrected chi connectivity index (χ1v) is 6.25. The zero-order valence-electron chi connectivity index (χ0n) is 11.1. The highest BCUT2D eigenvalue weighted by Gasteiger charge is 2.22. The summed E-state index contributed by atoms with van der Waals surface area (Å²) in [7, 11) is 6.20. The molecule has 2 rings (SSSR count). The van der Waals surface area contributed by atoms with Gasteiger partial charge in [-0.15, -0.1) is 0 Å². The molecule has 0 atom stereocenters. The molecule has 2 N–H and O–H groups in total. The standard InChI is InChI=1S/C12H23N5/c1-15(2)8-10-4-6-17(7-5-10)12-11(13)9-16(3)14-12/h9-10H,4-8,13H2,1-3H3. The Bertz CT molecular complexity index is 363. The highest BCUT2D eigenvalue weighted by Crippen LogP contribution is 2.26. The Kier molecular flexibility index (Phi) is 3.57. The van der Waals surface area contributed by atoms with Crippen LogP contribution in [0.25, 0.3) is 0 Å². The summed E-state index contributed by atoms with van der Waals surface area (Å²) in [6.45, 7) is 3.32. The number of hydrogen-bond donors (Lipinski definition) is 1. The van der Waals surface area contributed by atoms with Gasteiger partial charge in [0.2, 0.25) is 0 Å². The molecular formula is C12H23N5. The van der Waals surface area contributed by atoms with Gasteiger partial charge < -0.3 is 15.5 Å². The molecule has 1 aromatic heterocycles. The van der Waals surface area contributed by atoms with Crippen molar-refractivity contribution in [3.63, 3.8) is 0 Å². The van der Waals surface area contributed by atoms with Gasteiger partial charge in [-0.1, -0.05) is 0 Å². The summed E-state index contributed by atoms with van der Waals surface area (Å²) in [4.78, 5) is 4.58. The fraction of sp³-hybridized carbons (Fsp3) is 0.750. The Labute approximate surface area is 103 Å². The van der Waals surface area contributed by atoms with E-state index in [-0.39, 0.29) is 0 Å². The van der Waals surface area contributed by atoms with Crippen molar-refractivity contribution in [2.24, 2.45) is 13.0 Å². The van der Waals surface area contributed by atoms with E-state index in [1.807, 2.05) is 13.2 Å². The molecule has 0 bridgehead atoms. The van der Waals surface area contributed by atoms with Crippen LogP contribution in [0.15, 0.2) is 6.20 Å². The third-order valence-corrected chi connectivity index (χ3v) is 3.37. The number of nitrogen functional groups attached to an aromatic ring is 1. The third kappa shape index (κ3) is 2.91. The lowest BCUT2D eigenvalue weighted by atomic mass is 9.96. The molecule has 5 nitrogen and oxygen atoms in total. The van der Waals surface area contributed by atoms with Crippen LogP contribution in [0, 0.1) is 5.92 Å². The van der Waals surface area contributed by atoms with Gasteiger partial charge in [-0.25, -0.2) is 0 Å². The monoisotopic (exact) mass is 237 g/mol. The lowest BCUT2D eigenvalue weighted by molar-refractivity contribution is 0.284. The van der Waals surface area contributed by atoms with Gasteiger partial charge in [0, 0.05) is 32.9 Å². The molecule has 0 spiro atoms. The Balaban J connectivity index is 1.93. The van der Waals surface area contributed by atoms with E-state index in [2.05, 4.69) is 29.0 Å². The van der Waals surface area contributed by atoms with Gasteiger partial charge in [-0.2, -0.15) is 5.10 Å². The first-order chi connectivity index (χ1) is 8.06. The number of anilines is 2. The van der Waals surface area contributed by atoms with E-state index in [0.29, 0.717) is 0 Å². The second kappa shape index (κ2) is 4.96. The van der Waals surface area contributed by atoms with E-state index < -0.39 is 0 Å². The summed E-state index contributed by atoms with van der Waals surface area (Å²) in [6.07, 6.45) is 4.34. The Morgan fingerprint density at radius 3 is 2.53 bits per heavy atom. The molecule has 2 heterocycles. The molecule has 0 radical (unpaired) electrons. The number of rotatable bonds is 3. The summed E-state index contributed by atoms with van der Waals surface area (Å²) >= 11 is 0. The Morgan fingerprint density at radius 1 is 1.41 bits per heavy atom. The van der Waals surface area contributed by atoms with Crippen LogP contribution in [0.3, 0.4) is 0 Å². The van der Waals surface area contributed by atoms with E-state index in [1.165, 1.54) is 19.4 Å². The fourth-order valence-electron chi connectivity index (χ4n) is 2.58. The Morgan fingerprint density at radius 2 is 2.06 bits per heavy atom. The predicted octanol–water partition coefficient (Wildman–Crippen LogP) is 0.780. The molecule has 0 amide bonds. The van der Waals surface area contributed by atoms with Gasteiger partial charge in [0.15, 0.2) is 5.82 Å². The van der Waals surface area contributed by atoms with E-state index in [0.717, 1.165) is 30.5 Å². The second-order valence-corrected chi connectivity index (χ2v) is 5.27. The van der Waals surface area contributed by atoms with Crippen LogP contribution in [-0.2, 0) is 7.05 Å². The van der Waals surface area contributed by atoms with E-state index in [1.54, 1.807) is 4.68 Å². The maximum atomic E-state index is 5.95. The molecule has 1 saturated heterocycles. The largest absolute Gasteiger partial charge is 0.394 e. The summed E-state index contributed by atoms with van der Waals surface area (Å²) in [5.74, 6) is 1.77. The van der Waals surface area contributed by atoms with Crippen LogP contribution in [0.1, 0.15) is 12.8 Å². The molecule has 1 fully saturated rings. The van der Waals surface area contributed by atoms with Gasteiger partial charge in [0.05, 0.1) is 5.69 Å². The van der Waals surface area contributed by atoms with Crippen LogP contribution in [0.2, 0.25) is 0 Å². The number of nitrogens with two attached hydrogens (primary N) is 1. The molecule has 5 heteroatoms. The average Bonchev–Trinajstić information content (AvgIpc) is 2.58. The van der Waals surface area contributed by atoms with Crippen LogP contribution < -0.4 is 10.6 Å². The van der Waals surface area contributed by atoms with Crippen LogP contribution >= 0.6 is 0 Å². The quantitative estimate of drug-likeness (QED) is 0.844. The number of aryl methyl sites for hydroxylation is 1. The summed E-state index contributed by atoms with van der Waals surface area (Å²) < 4.78 is 1.79. The van der Waals surface area contributed by atoms with Crippen LogP contribution in [0.5, 0.6) is 0 Å². The predicted molar refractivity (Wildman–Crippen MR) is 71.1 cm³/mol. The highest BCUT2D eigenvalue weighted by molar-refractivity contribution is 5.61. The topological polar surface area (TPSA) is 50.3 Å². The molecule has 1 aromatic rings. The highest BCUT2D eigenvalue weighted by atomic mass is 15.3. The smallest absolute Gasteiger partial charge is 0.173 e. The van der Waals surface area contributed by atoms with Crippen LogP contribution in [0.4, 0.5) is 11.5 Å². The molecule has 0 aromatic carbocycles. The SMILES string of the molecule is CN(C)CC1CCN(c2nn(C)cc2N)CC1. The molecule has 17 heavy (non-hydrogen) atoms. The third-order valence-electron chi connectivity index (χ3n) is 3.37. The van der Waals surface area contributed by atoms with Crippen molar-refractivity contribution in [1.82, 2.24) is 14.7 Å². The van der Waals surface area contributed by atoms with Gasteiger partial charge in [0.25, 0.3) is 0 Å². The van der Waals surface area contributed by atoms with Gasteiger partial charge in [-0.3, -0.25) is 4.68 Å². The van der Waals surface area contributed by atoms with Crippen molar-refractivity contribution in [2.45, 2.75) is 12.8 Å². The molecule has 0 unspecified atom stereocenters.